The lowest BCUT2D eigenvalue weighted by molar-refractivity contribution is 0.524. The van der Waals surface area contributed by atoms with Crippen LogP contribution in [0.25, 0.3) is 0 Å². The average Bonchev–Trinajstić information content (AvgIpc) is 2.44. The first-order valence-electron chi connectivity index (χ1n) is 6.18. The number of benzene rings is 2. The summed E-state index contributed by atoms with van der Waals surface area (Å²) < 4.78 is 27.5. The summed E-state index contributed by atoms with van der Waals surface area (Å²) in [6.45, 7) is 1.68. The lowest BCUT2D eigenvalue weighted by atomic mass is 9.98. The Morgan fingerprint density at radius 1 is 1.25 bits per heavy atom. The SMILES string of the molecule is Cc1ccc(C(Cc2cccc(Cl)c2F)NN)cc1F. The molecule has 2 aromatic carbocycles. The topological polar surface area (TPSA) is 38.0 Å². The summed E-state index contributed by atoms with van der Waals surface area (Å²) in [6, 6.07) is 9.24. The summed E-state index contributed by atoms with van der Waals surface area (Å²) >= 11 is 5.75. The lowest BCUT2D eigenvalue weighted by Gasteiger charge is -2.17. The zero-order chi connectivity index (χ0) is 14.7. The number of nitrogens with two attached hydrogens (primary N) is 1. The van der Waals surface area contributed by atoms with Gasteiger partial charge in [-0.2, -0.15) is 0 Å². The van der Waals surface area contributed by atoms with Gasteiger partial charge in [0.1, 0.15) is 11.6 Å². The predicted molar refractivity (Wildman–Crippen MR) is 76.3 cm³/mol. The Kier molecular flexibility index (Phi) is 4.70. The van der Waals surface area contributed by atoms with Crippen molar-refractivity contribution in [3.05, 3.63) is 69.7 Å². The standard InChI is InChI=1S/C15H15ClF2N2/c1-9-5-6-10(7-13(9)17)14(20-19)8-11-3-2-4-12(16)15(11)18/h2-7,14,20H,8,19H2,1H3. The normalized spacial score (nSPS) is 12.4. The van der Waals surface area contributed by atoms with Crippen molar-refractivity contribution in [1.29, 1.82) is 0 Å². The molecule has 0 aliphatic rings. The maximum absolute atomic E-state index is 13.9. The highest BCUT2D eigenvalue weighted by Crippen LogP contribution is 2.24. The second-order valence-corrected chi connectivity index (χ2v) is 5.05. The molecule has 2 nitrogen and oxygen atoms in total. The van der Waals surface area contributed by atoms with E-state index in [-0.39, 0.29) is 17.3 Å². The number of halogens is 3. The summed E-state index contributed by atoms with van der Waals surface area (Å²) in [7, 11) is 0. The number of aryl methyl sites for hydroxylation is 1. The highest BCUT2D eigenvalue weighted by molar-refractivity contribution is 6.30. The molecule has 2 aromatic rings. The maximum atomic E-state index is 13.9. The molecule has 106 valence electrons. The molecule has 1 unspecified atom stereocenters. The van der Waals surface area contributed by atoms with E-state index in [0.29, 0.717) is 16.7 Å². The molecular formula is C15H15ClF2N2. The van der Waals surface area contributed by atoms with E-state index in [2.05, 4.69) is 5.43 Å². The third-order valence-electron chi connectivity index (χ3n) is 3.26. The van der Waals surface area contributed by atoms with Crippen LogP contribution < -0.4 is 11.3 Å². The molecule has 20 heavy (non-hydrogen) atoms. The van der Waals surface area contributed by atoms with Gasteiger partial charge in [0, 0.05) is 0 Å². The quantitative estimate of drug-likeness (QED) is 0.667. The van der Waals surface area contributed by atoms with Crippen LogP contribution in [0.2, 0.25) is 5.02 Å². The molecule has 0 fully saturated rings. The minimum absolute atomic E-state index is 0.0633. The van der Waals surface area contributed by atoms with Crippen molar-refractivity contribution in [2.75, 3.05) is 0 Å². The number of hydrogen-bond donors (Lipinski definition) is 2. The van der Waals surface area contributed by atoms with Gasteiger partial charge in [-0.15, -0.1) is 0 Å². The summed E-state index contributed by atoms with van der Waals surface area (Å²) in [6.07, 6.45) is 0.283. The van der Waals surface area contributed by atoms with E-state index in [1.165, 1.54) is 12.1 Å². The molecule has 5 heteroatoms. The van der Waals surface area contributed by atoms with Crippen LogP contribution in [0.15, 0.2) is 36.4 Å². The van der Waals surface area contributed by atoms with Crippen LogP contribution >= 0.6 is 11.6 Å². The van der Waals surface area contributed by atoms with Gasteiger partial charge in [0.15, 0.2) is 0 Å². The Bertz CT molecular complexity index is 617. The van der Waals surface area contributed by atoms with E-state index in [1.807, 2.05) is 0 Å². The van der Waals surface area contributed by atoms with Gasteiger partial charge in [0.05, 0.1) is 11.1 Å². The minimum Gasteiger partial charge on any atom is -0.271 e. The maximum Gasteiger partial charge on any atom is 0.145 e. The summed E-state index contributed by atoms with van der Waals surface area (Å²) in [5.41, 5.74) is 4.23. The van der Waals surface area contributed by atoms with E-state index in [4.69, 9.17) is 17.4 Å². The van der Waals surface area contributed by atoms with Crippen LogP contribution in [0.5, 0.6) is 0 Å². The second kappa shape index (κ2) is 6.31. The molecule has 0 aromatic heterocycles. The van der Waals surface area contributed by atoms with Gasteiger partial charge in [-0.25, -0.2) is 8.78 Å². The van der Waals surface area contributed by atoms with E-state index < -0.39 is 11.9 Å². The molecule has 0 heterocycles. The van der Waals surface area contributed by atoms with E-state index in [1.54, 1.807) is 31.2 Å². The van der Waals surface area contributed by atoms with Crippen molar-refractivity contribution in [1.82, 2.24) is 5.43 Å². The Balaban J connectivity index is 2.28. The molecule has 3 N–H and O–H groups in total. The van der Waals surface area contributed by atoms with Gasteiger partial charge in [-0.05, 0) is 42.2 Å². The van der Waals surface area contributed by atoms with Crippen LogP contribution in [0.3, 0.4) is 0 Å². The van der Waals surface area contributed by atoms with Crippen molar-refractivity contribution < 1.29 is 8.78 Å². The fourth-order valence-corrected chi connectivity index (χ4v) is 2.22. The monoisotopic (exact) mass is 296 g/mol. The third-order valence-corrected chi connectivity index (χ3v) is 3.55. The lowest BCUT2D eigenvalue weighted by Crippen LogP contribution is -2.30. The molecule has 0 radical (unpaired) electrons. The number of nitrogens with one attached hydrogen (secondary N) is 1. The van der Waals surface area contributed by atoms with Crippen LogP contribution in [-0.4, -0.2) is 0 Å². The highest BCUT2D eigenvalue weighted by atomic mass is 35.5. The molecule has 2 rings (SSSR count). The largest absolute Gasteiger partial charge is 0.271 e. The van der Waals surface area contributed by atoms with Crippen molar-refractivity contribution in [2.24, 2.45) is 5.84 Å². The third kappa shape index (κ3) is 3.15. The van der Waals surface area contributed by atoms with Gasteiger partial charge < -0.3 is 0 Å². The Labute approximate surface area is 121 Å². The first-order valence-corrected chi connectivity index (χ1v) is 6.55. The summed E-state index contributed by atoms with van der Waals surface area (Å²) in [5.74, 6) is 4.72. The Morgan fingerprint density at radius 3 is 2.65 bits per heavy atom. The number of rotatable bonds is 4. The molecule has 0 spiro atoms. The Hall–Kier alpha value is -1.49. The summed E-state index contributed by atoms with van der Waals surface area (Å²) in [5, 5.41) is 0.0633. The van der Waals surface area contributed by atoms with Gasteiger partial charge in [0.25, 0.3) is 0 Å². The molecule has 0 amide bonds. The number of hydrazine groups is 1. The average molecular weight is 297 g/mol. The highest BCUT2D eigenvalue weighted by Gasteiger charge is 2.15. The van der Waals surface area contributed by atoms with Crippen LogP contribution in [0, 0.1) is 18.6 Å². The van der Waals surface area contributed by atoms with E-state index >= 15 is 0 Å². The predicted octanol–water partition coefficient (Wildman–Crippen LogP) is 3.67. The molecule has 0 bridgehead atoms. The molecule has 0 saturated heterocycles. The van der Waals surface area contributed by atoms with Crippen LogP contribution in [-0.2, 0) is 6.42 Å². The van der Waals surface area contributed by atoms with Crippen molar-refractivity contribution in [2.45, 2.75) is 19.4 Å². The van der Waals surface area contributed by atoms with Crippen LogP contribution in [0.1, 0.15) is 22.7 Å². The molecule has 0 aliphatic carbocycles. The molecular weight excluding hydrogens is 282 g/mol. The fraction of sp³-hybridized carbons (Fsp3) is 0.200. The summed E-state index contributed by atoms with van der Waals surface area (Å²) in [4.78, 5) is 0. The first kappa shape index (κ1) is 14.9. The Morgan fingerprint density at radius 2 is 2.00 bits per heavy atom. The van der Waals surface area contributed by atoms with Gasteiger partial charge in [-0.1, -0.05) is 35.9 Å². The minimum atomic E-state index is -0.470. The molecule has 0 saturated carbocycles. The van der Waals surface area contributed by atoms with Crippen molar-refractivity contribution >= 4 is 11.6 Å². The number of hydrogen-bond acceptors (Lipinski definition) is 2. The zero-order valence-corrected chi connectivity index (χ0v) is 11.7. The van der Waals surface area contributed by atoms with Gasteiger partial charge in [-0.3, -0.25) is 11.3 Å². The first-order chi connectivity index (χ1) is 9.52. The van der Waals surface area contributed by atoms with E-state index in [0.717, 1.165) is 0 Å². The molecule has 1 atom stereocenters. The van der Waals surface area contributed by atoms with E-state index in [9.17, 15) is 8.78 Å². The molecule has 0 aliphatic heterocycles. The van der Waals surface area contributed by atoms with Gasteiger partial charge in [0.2, 0.25) is 0 Å². The van der Waals surface area contributed by atoms with Gasteiger partial charge >= 0.3 is 0 Å². The zero-order valence-electron chi connectivity index (χ0n) is 11.0. The van der Waals surface area contributed by atoms with Crippen molar-refractivity contribution in [3.63, 3.8) is 0 Å². The smallest absolute Gasteiger partial charge is 0.145 e. The fourth-order valence-electron chi connectivity index (χ4n) is 2.02. The van der Waals surface area contributed by atoms with Crippen LogP contribution in [0.4, 0.5) is 8.78 Å². The van der Waals surface area contributed by atoms with Crippen molar-refractivity contribution in [3.8, 4) is 0 Å². The second-order valence-electron chi connectivity index (χ2n) is 4.64.